The highest BCUT2D eigenvalue weighted by atomic mass is 16.7. The second kappa shape index (κ2) is 5.12. The van der Waals surface area contributed by atoms with Crippen molar-refractivity contribution in [2.45, 2.75) is 6.54 Å². The van der Waals surface area contributed by atoms with Crippen LogP contribution in [0.5, 0.6) is 17.2 Å². The van der Waals surface area contributed by atoms with Crippen LogP contribution in [-0.2, 0) is 6.54 Å². The summed E-state index contributed by atoms with van der Waals surface area (Å²) < 4.78 is 17.6. The van der Waals surface area contributed by atoms with E-state index in [0.29, 0.717) is 24.7 Å². The fourth-order valence-corrected chi connectivity index (χ4v) is 1.89. The highest BCUT2D eigenvalue weighted by molar-refractivity contribution is 5.92. The van der Waals surface area contributed by atoms with Gasteiger partial charge < -0.3 is 19.3 Å². The zero-order chi connectivity index (χ0) is 13.9. The van der Waals surface area contributed by atoms with Gasteiger partial charge in [-0.05, 0) is 6.07 Å². The number of fused-ring (bicyclic) bond motifs is 1. The van der Waals surface area contributed by atoms with Gasteiger partial charge >= 0.3 is 5.97 Å². The van der Waals surface area contributed by atoms with Gasteiger partial charge in [0, 0.05) is 24.5 Å². The van der Waals surface area contributed by atoms with Gasteiger partial charge in [0.05, 0.1) is 6.54 Å². The Balaban J connectivity index is 1.75. The summed E-state index contributed by atoms with van der Waals surface area (Å²) in [6.07, 6.45) is 3.48. The van der Waals surface area contributed by atoms with E-state index in [2.05, 4.69) is 5.10 Å². The molecule has 2 aromatic rings. The van der Waals surface area contributed by atoms with Gasteiger partial charge in [-0.15, -0.1) is 0 Å². The third-order valence-electron chi connectivity index (χ3n) is 2.84. The largest absolute Gasteiger partial charge is 0.491 e. The molecule has 0 spiro atoms. The number of nitrogens with zero attached hydrogens (tertiary/aromatic N) is 2. The number of aromatic nitrogens is 2. The Hall–Kier alpha value is -2.70. The van der Waals surface area contributed by atoms with Crippen molar-refractivity contribution < 1.29 is 24.1 Å². The van der Waals surface area contributed by atoms with E-state index >= 15 is 0 Å². The molecule has 0 fully saturated rings. The zero-order valence-electron chi connectivity index (χ0n) is 10.5. The Kier molecular flexibility index (Phi) is 3.16. The minimum Gasteiger partial charge on any atom is -0.491 e. The van der Waals surface area contributed by atoms with Crippen molar-refractivity contribution in [3.8, 4) is 17.2 Å². The van der Waals surface area contributed by atoms with E-state index in [9.17, 15) is 9.90 Å². The molecule has 0 saturated carbocycles. The summed E-state index contributed by atoms with van der Waals surface area (Å²) in [6, 6.07) is 4.76. The molecular formula is C13H12N2O5. The maximum absolute atomic E-state index is 11.2. The molecule has 20 heavy (non-hydrogen) atoms. The molecule has 1 aliphatic rings. The number of carbonyl (C=O) groups is 1. The molecule has 1 aliphatic heterocycles. The number of carboxylic acid groups (broad SMARTS) is 1. The summed E-state index contributed by atoms with van der Waals surface area (Å²) in [5, 5.41) is 13.2. The minimum absolute atomic E-state index is 0.0507. The zero-order valence-corrected chi connectivity index (χ0v) is 10.5. The highest BCUT2D eigenvalue weighted by Crippen LogP contribution is 2.38. The van der Waals surface area contributed by atoms with Crippen LogP contribution < -0.4 is 14.2 Å². The SMILES string of the molecule is O=C(O)c1cc2c(cc1OCCn1cccn1)OCO2. The molecule has 0 saturated heterocycles. The molecule has 7 nitrogen and oxygen atoms in total. The van der Waals surface area contributed by atoms with Crippen LogP contribution >= 0.6 is 0 Å². The lowest BCUT2D eigenvalue weighted by Gasteiger charge is -2.10. The summed E-state index contributed by atoms with van der Waals surface area (Å²) in [6.45, 7) is 0.924. The first-order valence-corrected chi connectivity index (χ1v) is 6.01. The van der Waals surface area contributed by atoms with E-state index in [4.69, 9.17) is 14.2 Å². The highest BCUT2D eigenvalue weighted by Gasteiger charge is 2.21. The van der Waals surface area contributed by atoms with Crippen LogP contribution in [0, 0.1) is 0 Å². The summed E-state index contributed by atoms with van der Waals surface area (Å²) >= 11 is 0. The summed E-state index contributed by atoms with van der Waals surface area (Å²) in [4.78, 5) is 11.2. The fourth-order valence-electron chi connectivity index (χ4n) is 1.89. The lowest BCUT2D eigenvalue weighted by Crippen LogP contribution is -2.10. The number of hydrogen-bond acceptors (Lipinski definition) is 5. The van der Waals surface area contributed by atoms with Crippen LogP contribution in [0.2, 0.25) is 0 Å². The van der Waals surface area contributed by atoms with Gasteiger partial charge in [0.2, 0.25) is 6.79 Å². The van der Waals surface area contributed by atoms with Crippen molar-refractivity contribution in [1.29, 1.82) is 0 Å². The lowest BCUT2D eigenvalue weighted by molar-refractivity contribution is 0.0691. The molecule has 0 unspecified atom stereocenters. The first-order valence-electron chi connectivity index (χ1n) is 6.01. The van der Waals surface area contributed by atoms with Crippen molar-refractivity contribution in [2.24, 2.45) is 0 Å². The average Bonchev–Trinajstić information content (AvgIpc) is 3.07. The Bertz CT molecular complexity index is 624. The molecule has 0 radical (unpaired) electrons. The van der Waals surface area contributed by atoms with Gasteiger partial charge in [0.25, 0.3) is 0 Å². The van der Waals surface area contributed by atoms with Crippen molar-refractivity contribution in [3.63, 3.8) is 0 Å². The monoisotopic (exact) mass is 276 g/mol. The summed E-state index contributed by atoms with van der Waals surface area (Å²) in [5.41, 5.74) is 0.0507. The number of benzene rings is 1. The van der Waals surface area contributed by atoms with Crippen LogP contribution in [0.25, 0.3) is 0 Å². The molecule has 3 rings (SSSR count). The van der Waals surface area contributed by atoms with Crippen molar-refractivity contribution in [1.82, 2.24) is 9.78 Å². The maximum atomic E-state index is 11.2. The molecule has 104 valence electrons. The minimum atomic E-state index is -1.07. The first kappa shape index (κ1) is 12.3. The quantitative estimate of drug-likeness (QED) is 0.888. The lowest BCUT2D eigenvalue weighted by atomic mass is 10.2. The van der Waals surface area contributed by atoms with Gasteiger partial charge in [0.15, 0.2) is 11.5 Å². The van der Waals surface area contributed by atoms with Crippen molar-refractivity contribution in [2.75, 3.05) is 13.4 Å². The second-order valence-electron chi connectivity index (χ2n) is 4.12. The third kappa shape index (κ3) is 2.37. The number of hydrogen-bond donors (Lipinski definition) is 1. The molecule has 2 heterocycles. The number of aromatic carboxylic acids is 1. The van der Waals surface area contributed by atoms with E-state index in [1.54, 1.807) is 17.1 Å². The van der Waals surface area contributed by atoms with Gasteiger partial charge in [-0.1, -0.05) is 0 Å². The van der Waals surface area contributed by atoms with E-state index in [-0.39, 0.29) is 18.1 Å². The number of ether oxygens (including phenoxy) is 3. The molecule has 1 N–H and O–H groups in total. The van der Waals surface area contributed by atoms with E-state index < -0.39 is 5.97 Å². The topological polar surface area (TPSA) is 82.8 Å². The molecule has 0 amide bonds. The van der Waals surface area contributed by atoms with Crippen LogP contribution in [0.3, 0.4) is 0 Å². The Morgan fingerprint density at radius 2 is 2.20 bits per heavy atom. The average molecular weight is 276 g/mol. The molecular weight excluding hydrogens is 264 g/mol. The first-order chi connectivity index (χ1) is 9.74. The van der Waals surface area contributed by atoms with E-state index in [1.165, 1.54) is 12.1 Å². The predicted octanol–water partition coefficient (Wildman–Crippen LogP) is 1.39. The van der Waals surface area contributed by atoms with Gasteiger partial charge in [-0.3, -0.25) is 4.68 Å². The fraction of sp³-hybridized carbons (Fsp3) is 0.231. The second-order valence-corrected chi connectivity index (χ2v) is 4.12. The Morgan fingerprint density at radius 1 is 1.40 bits per heavy atom. The normalized spacial score (nSPS) is 12.4. The van der Waals surface area contributed by atoms with Crippen LogP contribution in [0.4, 0.5) is 0 Å². The molecule has 0 aliphatic carbocycles. The van der Waals surface area contributed by atoms with E-state index in [1.807, 2.05) is 6.07 Å². The van der Waals surface area contributed by atoms with Crippen molar-refractivity contribution >= 4 is 5.97 Å². The van der Waals surface area contributed by atoms with Crippen molar-refractivity contribution in [3.05, 3.63) is 36.2 Å². The summed E-state index contributed by atoms with van der Waals surface area (Å²) in [7, 11) is 0. The van der Waals surface area contributed by atoms with Crippen LogP contribution in [-0.4, -0.2) is 34.3 Å². The summed E-state index contributed by atoms with van der Waals surface area (Å²) in [5.74, 6) is 0.0946. The molecule has 1 aromatic carbocycles. The van der Waals surface area contributed by atoms with Gasteiger partial charge in [-0.2, -0.15) is 5.10 Å². The van der Waals surface area contributed by atoms with Gasteiger partial charge in [0.1, 0.15) is 17.9 Å². The third-order valence-corrected chi connectivity index (χ3v) is 2.84. The van der Waals surface area contributed by atoms with Crippen LogP contribution in [0.1, 0.15) is 10.4 Å². The smallest absolute Gasteiger partial charge is 0.339 e. The maximum Gasteiger partial charge on any atom is 0.339 e. The van der Waals surface area contributed by atoms with Crippen LogP contribution in [0.15, 0.2) is 30.6 Å². The molecule has 0 atom stereocenters. The Morgan fingerprint density at radius 3 is 2.90 bits per heavy atom. The van der Waals surface area contributed by atoms with E-state index in [0.717, 1.165) is 0 Å². The van der Waals surface area contributed by atoms with Gasteiger partial charge in [-0.25, -0.2) is 4.79 Å². The molecule has 1 aromatic heterocycles. The number of rotatable bonds is 5. The Labute approximate surface area is 114 Å². The predicted molar refractivity (Wildman–Crippen MR) is 67.2 cm³/mol. The number of carboxylic acids is 1. The molecule has 0 bridgehead atoms. The standard InChI is InChI=1S/C13H12N2O5/c16-13(17)9-6-11-12(20-8-19-11)7-10(9)18-5-4-15-3-1-2-14-15/h1-3,6-7H,4-5,8H2,(H,16,17). The molecule has 7 heteroatoms.